The Morgan fingerprint density at radius 2 is 2.05 bits per heavy atom. The molecular formula is C16H20N2O2. The summed E-state index contributed by atoms with van der Waals surface area (Å²) in [6.07, 6.45) is 3.55. The van der Waals surface area contributed by atoms with Crippen molar-refractivity contribution in [1.82, 2.24) is 10.3 Å². The van der Waals surface area contributed by atoms with Gasteiger partial charge in [-0.2, -0.15) is 0 Å². The number of aliphatic hydroxyl groups excluding tert-OH is 1. The highest BCUT2D eigenvalue weighted by Crippen LogP contribution is 2.18. The van der Waals surface area contributed by atoms with Gasteiger partial charge >= 0.3 is 0 Å². The first-order valence-corrected chi connectivity index (χ1v) is 6.75. The van der Waals surface area contributed by atoms with Crippen molar-refractivity contribution in [3.8, 4) is 5.75 Å². The lowest BCUT2D eigenvalue weighted by Gasteiger charge is -2.14. The number of aliphatic hydroxyl groups is 1. The van der Waals surface area contributed by atoms with Crippen LogP contribution in [0.4, 0.5) is 0 Å². The number of nitrogens with one attached hydrogen (secondary N) is 1. The van der Waals surface area contributed by atoms with Gasteiger partial charge in [0.2, 0.25) is 0 Å². The van der Waals surface area contributed by atoms with Crippen LogP contribution in [0.5, 0.6) is 5.75 Å². The van der Waals surface area contributed by atoms with Gasteiger partial charge in [-0.3, -0.25) is 4.98 Å². The molecule has 0 bridgehead atoms. The first-order chi connectivity index (χ1) is 9.79. The Morgan fingerprint density at radius 3 is 2.70 bits per heavy atom. The quantitative estimate of drug-likeness (QED) is 0.812. The van der Waals surface area contributed by atoms with E-state index in [1.165, 1.54) is 5.56 Å². The summed E-state index contributed by atoms with van der Waals surface area (Å²) in [7, 11) is 0. The van der Waals surface area contributed by atoms with Crippen molar-refractivity contribution in [1.29, 1.82) is 0 Å². The number of nitrogens with zero attached hydrogens (tertiary/aromatic N) is 1. The van der Waals surface area contributed by atoms with Gasteiger partial charge in [-0.05, 0) is 30.7 Å². The second-order valence-electron chi connectivity index (χ2n) is 4.62. The first-order valence-electron chi connectivity index (χ1n) is 6.75. The summed E-state index contributed by atoms with van der Waals surface area (Å²) in [5, 5.41) is 12.0. The molecule has 2 aromatic rings. The molecule has 0 radical (unpaired) electrons. The fourth-order valence-corrected chi connectivity index (χ4v) is 1.90. The van der Waals surface area contributed by atoms with Crippen molar-refractivity contribution in [3.63, 3.8) is 0 Å². The van der Waals surface area contributed by atoms with E-state index in [9.17, 15) is 0 Å². The maximum Gasteiger partial charge on any atom is 0.119 e. The Balaban J connectivity index is 1.88. The number of ether oxygens (including phenoxy) is 1. The molecule has 1 atom stereocenters. The zero-order chi connectivity index (χ0) is 14.2. The van der Waals surface area contributed by atoms with Crippen LogP contribution in [0.1, 0.15) is 24.1 Å². The van der Waals surface area contributed by atoms with Crippen LogP contribution in [0.3, 0.4) is 0 Å². The minimum absolute atomic E-state index is 0.149. The lowest BCUT2D eigenvalue weighted by molar-refractivity contribution is 0.286. The highest BCUT2D eigenvalue weighted by Gasteiger charge is 2.04. The Hall–Kier alpha value is -1.91. The van der Waals surface area contributed by atoms with E-state index in [1.54, 1.807) is 12.4 Å². The maximum atomic E-state index is 8.80. The highest BCUT2D eigenvalue weighted by atomic mass is 16.5. The summed E-state index contributed by atoms with van der Waals surface area (Å²) in [6.45, 7) is 3.34. The molecule has 1 heterocycles. The summed E-state index contributed by atoms with van der Waals surface area (Å²) >= 11 is 0. The number of pyridine rings is 1. The third-order valence-corrected chi connectivity index (χ3v) is 3.07. The van der Waals surface area contributed by atoms with E-state index in [0.717, 1.165) is 11.3 Å². The Morgan fingerprint density at radius 1 is 1.25 bits per heavy atom. The number of hydrogen-bond donors (Lipinski definition) is 2. The van der Waals surface area contributed by atoms with Crippen LogP contribution in [0, 0.1) is 0 Å². The number of rotatable bonds is 7. The summed E-state index contributed by atoms with van der Waals surface area (Å²) in [5.41, 5.74) is 2.22. The molecule has 4 nitrogen and oxygen atoms in total. The number of hydrogen-bond acceptors (Lipinski definition) is 4. The van der Waals surface area contributed by atoms with Crippen LogP contribution in [-0.4, -0.2) is 23.2 Å². The van der Waals surface area contributed by atoms with Gasteiger partial charge in [-0.15, -0.1) is 0 Å². The average Bonchev–Trinajstić information content (AvgIpc) is 2.52. The van der Waals surface area contributed by atoms with Crippen LogP contribution >= 0.6 is 0 Å². The Labute approximate surface area is 119 Å². The van der Waals surface area contributed by atoms with E-state index < -0.39 is 0 Å². The summed E-state index contributed by atoms with van der Waals surface area (Å²) in [5.74, 6) is 0.840. The third kappa shape index (κ3) is 4.33. The van der Waals surface area contributed by atoms with Crippen LogP contribution in [-0.2, 0) is 6.61 Å². The van der Waals surface area contributed by atoms with Gasteiger partial charge in [0.15, 0.2) is 0 Å². The Bertz CT molecular complexity index is 500. The predicted octanol–water partition coefficient (Wildman–Crippen LogP) is 2.30. The van der Waals surface area contributed by atoms with E-state index in [2.05, 4.69) is 17.2 Å². The minimum atomic E-state index is 0.149. The second kappa shape index (κ2) is 7.62. The fraction of sp³-hybridized carbons (Fsp3) is 0.312. The zero-order valence-electron chi connectivity index (χ0n) is 11.6. The van der Waals surface area contributed by atoms with Gasteiger partial charge in [-0.1, -0.05) is 18.2 Å². The average molecular weight is 272 g/mol. The van der Waals surface area contributed by atoms with Crippen molar-refractivity contribution in [3.05, 3.63) is 59.9 Å². The van der Waals surface area contributed by atoms with Crippen molar-refractivity contribution < 1.29 is 9.84 Å². The lowest BCUT2D eigenvalue weighted by Crippen LogP contribution is -2.21. The largest absolute Gasteiger partial charge is 0.489 e. The van der Waals surface area contributed by atoms with Crippen molar-refractivity contribution in [2.75, 3.05) is 13.2 Å². The van der Waals surface area contributed by atoms with Crippen LogP contribution in [0.15, 0.2) is 48.8 Å². The first kappa shape index (κ1) is 14.5. The molecule has 2 N–H and O–H groups in total. The maximum absolute atomic E-state index is 8.80. The molecule has 2 rings (SSSR count). The van der Waals surface area contributed by atoms with Gasteiger partial charge in [0.25, 0.3) is 0 Å². The minimum Gasteiger partial charge on any atom is -0.489 e. The van der Waals surface area contributed by atoms with Crippen molar-refractivity contribution in [2.24, 2.45) is 0 Å². The SMILES string of the molecule is CC(NCCO)c1ccc(OCc2cccnc2)cc1. The molecule has 0 amide bonds. The van der Waals surface area contributed by atoms with Crippen LogP contribution < -0.4 is 10.1 Å². The molecule has 1 aromatic heterocycles. The summed E-state index contributed by atoms with van der Waals surface area (Å²) in [6, 6.07) is 12.1. The zero-order valence-corrected chi connectivity index (χ0v) is 11.6. The van der Waals surface area contributed by atoms with E-state index in [-0.39, 0.29) is 12.6 Å². The normalized spacial score (nSPS) is 12.1. The van der Waals surface area contributed by atoms with Gasteiger partial charge in [0, 0.05) is 30.5 Å². The van der Waals surface area contributed by atoms with Crippen molar-refractivity contribution in [2.45, 2.75) is 19.6 Å². The molecule has 0 aliphatic heterocycles. The van der Waals surface area contributed by atoms with E-state index in [1.807, 2.05) is 36.4 Å². The molecule has 0 spiro atoms. The van der Waals surface area contributed by atoms with E-state index in [4.69, 9.17) is 9.84 Å². The van der Waals surface area contributed by atoms with Gasteiger partial charge < -0.3 is 15.2 Å². The molecule has 0 saturated carbocycles. The monoisotopic (exact) mass is 272 g/mol. The van der Waals surface area contributed by atoms with Crippen LogP contribution in [0.25, 0.3) is 0 Å². The summed E-state index contributed by atoms with van der Waals surface area (Å²) in [4.78, 5) is 4.05. The highest BCUT2D eigenvalue weighted by molar-refractivity contribution is 5.29. The molecule has 0 saturated heterocycles. The molecule has 1 aromatic carbocycles. The van der Waals surface area contributed by atoms with Crippen molar-refractivity contribution >= 4 is 0 Å². The molecular weight excluding hydrogens is 252 g/mol. The van der Waals surface area contributed by atoms with Gasteiger partial charge in [-0.25, -0.2) is 0 Å². The summed E-state index contributed by atoms with van der Waals surface area (Å²) < 4.78 is 5.71. The molecule has 0 aliphatic carbocycles. The van der Waals surface area contributed by atoms with E-state index >= 15 is 0 Å². The predicted molar refractivity (Wildman–Crippen MR) is 78.5 cm³/mol. The fourth-order valence-electron chi connectivity index (χ4n) is 1.90. The Kier molecular flexibility index (Phi) is 5.53. The molecule has 1 unspecified atom stereocenters. The smallest absolute Gasteiger partial charge is 0.119 e. The van der Waals surface area contributed by atoms with Gasteiger partial charge in [0.05, 0.1) is 6.61 Å². The van der Waals surface area contributed by atoms with Crippen LogP contribution in [0.2, 0.25) is 0 Å². The molecule has 0 fully saturated rings. The molecule has 0 aliphatic rings. The standard InChI is InChI=1S/C16H20N2O2/c1-13(18-9-10-19)15-4-6-16(7-5-15)20-12-14-3-2-8-17-11-14/h2-8,11,13,18-19H,9-10,12H2,1H3. The molecule has 4 heteroatoms. The molecule has 20 heavy (non-hydrogen) atoms. The number of aromatic nitrogens is 1. The lowest BCUT2D eigenvalue weighted by atomic mass is 10.1. The second-order valence-corrected chi connectivity index (χ2v) is 4.62. The van der Waals surface area contributed by atoms with Gasteiger partial charge in [0.1, 0.15) is 12.4 Å². The number of benzene rings is 1. The third-order valence-electron chi connectivity index (χ3n) is 3.07. The molecule has 106 valence electrons. The topological polar surface area (TPSA) is 54.4 Å². The van der Waals surface area contributed by atoms with E-state index in [0.29, 0.717) is 13.2 Å².